The second-order valence-corrected chi connectivity index (χ2v) is 6.64. The van der Waals surface area contributed by atoms with Crippen LogP contribution in [-0.4, -0.2) is 9.97 Å². The zero-order valence-electron chi connectivity index (χ0n) is 10.3. The summed E-state index contributed by atoms with van der Waals surface area (Å²) in [7, 11) is 0. The van der Waals surface area contributed by atoms with Crippen LogP contribution >= 0.6 is 45.8 Å². The van der Waals surface area contributed by atoms with Gasteiger partial charge in [-0.2, -0.15) is 0 Å². The van der Waals surface area contributed by atoms with Gasteiger partial charge in [-0.3, -0.25) is 0 Å². The molecule has 1 aliphatic rings. The van der Waals surface area contributed by atoms with E-state index in [1.807, 2.05) is 0 Å². The molecular formula is C14H10Cl2FIN2. The summed E-state index contributed by atoms with van der Waals surface area (Å²) in [4.78, 5) is 8.80. The molecule has 3 rings (SSSR count). The zero-order valence-corrected chi connectivity index (χ0v) is 14.0. The summed E-state index contributed by atoms with van der Waals surface area (Å²) < 4.78 is 14.8. The quantitative estimate of drug-likeness (QED) is 0.514. The van der Waals surface area contributed by atoms with Crippen molar-refractivity contribution in [3.05, 3.63) is 54.8 Å². The van der Waals surface area contributed by atoms with Crippen LogP contribution in [0.4, 0.5) is 4.39 Å². The van der Waals surface area contributed by atoms with Gasteiger partial charge in [-0.25, -0.2) is 14.4 Å². The zero-order chi connectivity index (χ0) is 14.3. The topological polar surface area (TPSA) is 25.8 Å². The van der Waals surface area contributed by atoms with Crippen LogP contribution in [0, 0.1) is 9.39 Å². The van der Waals surface area contributed by atoms with E-state index in [1.54, 1.807) is 12.1 Å². The fourth-order valence-corrected chi connectivity index (χ4v) is 3.11. The van der Waals surface area contributed by atoms with E-state index >= 15 is 0 Å². The second kappa shape index (κ2) is 5.73. The Balaban J connectivity index is 1.96. The fraction of sp³-hybridized carbons (Fsp3) is 0.286. The summed E-state index contributed by atoms with van der Waals surface area (Å²) >= 11 is 14.1. The maximum absolute atomic E-state index is 13.9. The molecule has 104 valence electrons. The summed E-state index contributed by atoms with van der Waals surface area (Å²) in [5.41, 5.74) is 1.47. The molecule has 0 radical (unpaired) electrons. The molecule has 0 spiro atoms. The van der Waals surface area contributed by atoms with Crippen molar-refractivity contribution in [2.75, 3.05) is 0 Å². The lowest BCUT2D eigenvalue weighted by atomic mass is 10.1. The van der Waals surface area contributed by atoms with E-state index in [9.17, 15) is 4.39 Å². The Hall–Kier alpha value is -0.460. The largest absolute Gasteiger partial charge is 0.236 e. The van der Waals surface area contributed by atoms with Gasteiger partial charge in [0.05, 0.1) is 14.3 Å². The summed E-state index contributed by atoms with van der Waals surface area (Å²) in [6.45, 7) is 0. The van der Waals surface area contributed by atoms with Crippen LogP contribution in [0.25, 0.3) is 0 Å². The van der Waals surface area contributed by atoms with Gasteiger partial charge in [0.2, 0.25) is 0 Å². The van der Waals surface area contributed by atoms with Crippen molar-refractivity contribution in [3.63, 3.8) is 0 Å². The Morgan fingerprint density at radius 2 is 2.00 bits per heavy atom. The number of hydrogen-bond donors (Lipinski definition) is 0. The van der Waals surface area contributed by atoms with Crippen LogP contribution in [0.1, 0.15) is 35.8 Å². The van der Waals surface area contributed by atoms with Gasteiger partial charge < -0.3 is 0 Å². The van der Waals surface area contributed by atoms with Gasteiger partial charge in [-0.05, 0) is 47.1 Å². The standard InChI is InChI=1S/C14H10Cl2FIN2/c15-9-3-1-2-8(11(9)17)6-10-19-13(7-4-5-7)12(18)14(16)20-10/h1-3,7H,4-6H2. The van der Waals surface area contributed by atoms with Crippen molar-refractivity contribution in [2.24, 2.45) is 0 Å². The van der Waals surface area contributed by atoms with E-state index in [1.165, 1.54) is 6.07 Å². The minimum atomic E-state index is -0.416. The van der Waals surface area contributed by atoms with Gasteiger partial charge in [-0.1, -0.05) is 35.3 Å². The molecule has 2 aromatic rings. The van der Waals surface area contributed by atoms with Crippen molar-refractivity contribution < 1.29 is 4.39 Å². The first-order valence-corrected chi connectivity index (χ1v) is 8.04. The molecule has 1 aromatic heterocycles. The minimum Gasteiger partial charge on any atom is -0.236 e. The van der Waals surface area contributed by atoms with E-state index in [4.69, 9.17) is 23.2 Å². The second-order valence-electron chi connectivity index (χ2n) is 4.79. The van der Waals surface area contributed by atoms with Crippen molar-refractivity contribution in [1.29, 1.82) is 0 Å². The Kier molecular flexibility index (Phi) is 4.15. The first-order chi connectivity index (χ1) is 9.56. The highest BCUT2D eigenvalue weighted by molar-refractivity contribution is 14.1. The summed E-state index contributed by atoms with van der Waals surface area (Å²) in [6.07, 6.45) is 2.56. The number of rotatable bonds is 3. The predicted molar refractivity (Wildman–Crippen MR) is 86.0 cm³/mol. The van der Waals surface area contributed by atoms with E-state index in [2.05, 4.69) is 32.6 Å². The number of halogens is 4. The first kappa shape index (κ1) is 14.5. The highest BCUT2D eigenvalue weighted by Crippen LogP contribution is 2.42. The van der Waals surface area contributed by atoms with Crippen LogP contribution < -0.4 is 0 Å². The van der Waals surface area contributed by atoms with E-state index < -0.39 is 5.82 Å². The van der Waals surface area contributed by atoms with E-state index in [0.29, 0.717) is 28.9 Å². The maximum atomic E-state index is 13.9. The number of aromatic nitrogens is 2. The van der Waals surface area contributed by atoms with E-state index in [-0.39, 0.29) is 5.02 Å². The molecule has 0 atom stereocenters. The van der Waals surface area contributed by atoms with Gasteiger partial charge in [0.15, 0.2) is 0 Å². The van der Waals surface area contributed by atoms with Gasteiger partial charge in [-0.15, -0.1) is 0 Å². The van der Waals surface area contributed by atoms with Gasteiger partial charge in [0, 0.05) is 12.3 Å². The van der Waals surface area contributed by atoms with Crippen LogP contribution in [0.5, 0.6) is 0 Å². The van der Waals surface area contributed by atoms with E-state index in [0.717, 1.165) is 22.1 Å². The summed E-state index contributed by atoms with van der Waals surface area (Å²) in [5, 5.41) is 0.557. The fourth-order valence-electron chi connectivity index (χ4n) is 2.04. The molecule has 1 fully saturated rings. The molecule has 1 aliphatic carbocycles. The highest BCUT2D eigenvalue weighted by Gasteiger charge is 2.29. The first-order valence-electron chi connectivity index (χ1n) is 6.21. The smallest absolute Gasteiger partial charge is 0.146 e. The van der Waals surface area contributed by atoms with Gasteiger partial charge >= 0.3 is 0 Å². The van der Waals surface area contributed by atoms with Crippen LogP contribution in [0.3, 0.4) is 0 Å². The van der Waals surface area contributed by atoms with Crippen molar-refractivity contribution in [3.8, 4) is 0 Å². The van der Waals surface area contributed by atoms with Crippen LogP contribution in [-0.2, 0) is 6.42 Å². The average molecular weight is 423 g/mol. The maximum Gasteiger partial charge on any atom is 0.146 e. The third-order valence-corrected chi connectivity index (χ3v) is 5.17. The highest BCUT2D eigenvalue weighted by atomic mass is 127. The minimum absolute atomic E-state index is 0.113. The molecule has 0 unspecified atom stereocenters. The van der Waals surface area contributed by atoms with Crippen LogP contribution in [0.2, 0.25) is 10.2 Å². The molecule has 0 N–H and O–H groups in total. The predicted octanol–water partition coefficient (Wildman–Crippen LogP) is 5.00. The molecule has 0 aliphatic heterocycles. The average Bonchev–Trinajstić information content (AvgIpc) is 3.23. The SMILES string of the molecule is Fc1c(Cl)cccc1Cc1nc(Cl)c(I)c(C2CC2)n1. The number of hydrogen-bond acceptors (Lipinski definition) is 2. The Morgan fingerprint density at radius 1 is 1.25 bits per heavy atom. The molecule has 1 heterocycles. The Morgan fingerprint density at radius 3 is 2.70 bits per heavy atom. The van der Waals surface area contributed by atoms with Crippen molar-refractivity contribution in [2.45, 2.75) is 25.2 Å². The lowest BCUT2D eigenvalue weighted by Crippen LogP contribution is -2.05. The molecule has 2 nitrogen and oxygen atoms in total. The molecule has 1 saturated carbocycles. The number of nitrogens with zero attached hydrogens (tertiary/aromatic N) is 2. The van der Waals surface area contributed by atoms with Gasteiger partial charge in [0.25, 0.3) is 0 Å². The summed E-state index contributed by atoms with van der Waals surface area (Å²) in [5.74, 6) is 0.601. The van der Waals surface area contributed by atoms with Gasteiger partial charge in [0.1, 0.15) is 16.8 Å². The third kappa shape index (κ3) is 2.92. The monoisotopic (exact) mass is 422 g/mol. The Bertz CT molecular complexity index is 674. The van der Waals surface area contributed by atoms with Crippen molar-refractivity contribution >= 4 is 45.8 Å². The van der Waals surface area contributed by atoms with Crippen molar-refractivity contribution in [1.82, 2.24) is 9.97 Å². The van der Waals surface area contributed by atoms with Crippen LogP contribution in [0.15, 0.2) is 18.2 Å². The normalized spacial score (nSPS) is 14.6. The Labute approximate surface area is 139 Å². The molecule has 0 bridgehead atoms. The molecule has 0 saturated heterocycles. The molecule has 20 heavy (non-hydrogen) atoms. The number of benzene rings is 1. The molecule has 1 aromatic carbocycles. The summed E-state index contributed by atoms with van der Waals surface area (Å²) in [6, 6.07) is 4.93. The molecule has 6 heteroatoms. The molecular weight excluding hydrogens is 413 g/mol. The molecule has 0 amide bonds. The lowest BCUT2D eigenvalue weighted by Gasteiger charge is -2.08. The lowest BCUT2D eigenvalue weighted by molar-refractivity contribution is 0.612. The third-order valence-electron chi connectivity index (χ3n) is 3.23.